The molecule has 1 unspecified atom stereocenters. The Bertz CT molecular complexity index is 613. The highest BCUT2D eigenvalue weighted by molar-refractivity contribution is 7.92. The molecular weight excluding hydrogens is 311 g/mol. The number of halogens is 3. The lowest BCUT2D eigenvalue weighted by molar-refractivity contribution is -0.141. The molecule has 0 saturated heterocycles. The van der Waals surface area contributed by atoms with Crippen LogP contribution in [0.3, 0.4) is 0 Å². The second-order valence-electron chi connectivity index (χ2n) is 4.40. The molecule has 1 atom stereocenters. The van der Waals surface area contributed by atoms with Crippen LogP contribution in [0.5, 0.6) is 0 Å². The van der Waals surface area contributed by atoms with Crippen LogP contribution in [0.25, 0.3) is 0 Å². The quantitative estimate of drug-likeness (QED) is 0.839. The van der Waals surface area contributed by atoms with Crippen LogP contribution in [0.15, 0.2) is 29.2 Å². The third-order valence-corrected chi connectivity index (χ3v) is 4.34. The van der Waals surface area contributed by atoms with E-state index >= 15 is 0 Å². The maximum absolute atomic E-state index is 12.6. The van der Waals surface area contributed by atoms with Crippen LogP contribution in [0.2, 0.25) is 0 Å². The maximum Gasteiger partial charge on any atom is 0.501 e. The molecule has 0 spiro atoms. The Labute approximate surface area is 119 Å². The Morgan fingerprint density at radius 2 is 1.90 bits per heavy atom. The number of carboxylic acid groups (broad SMARTS) is 1. The topological polar surface area (TPSA) is 83.5 Å². The molecule has 1 aromatic carbocycles. The predicted octanol–water partition coefficient (Wildman–Crippen LogP) is 2.50. The minimum atomic E-state index is -5.45. The Kier molecular flexibility index (Phi) is 5.21. The number of rotatable bonds is 6. The summed E-state index contributed by atoms with van der Waals surface area (Å²) >= 11 is 0. The van der Waals surface area contributed by atoms with Gasteiger partial charge in [0.2, 0.25) is 0 Å². The number of aliphatic carboxylic acids is 1. The van der Waals surface area contributed by atoms with Crippen LogP contribution in [0.1, 0.15) is 13.3 Å². The van der Waals surface area contributed by atoms with Gasteiger partial charge in [-0.05, 0) is 18.6 Å². The first kappa shape index (κ1) is 17.3. The molecule has 0 radical (unpaired) electrons. The summed E-state index contributed by atoms with van der Waals surface area (Å²) in [5.74, 6) is -1.73. The van der Waals surface area contributed by atoms with E-state index in [-0.39, 0.29) is 18.7 Å². The van der Waals surface area contributed by atoms with Gasteiger partial charge in [-0.2, -0.15) is 13.2 Å². The number of hydrogen-bond donors (Lipinski definition) is 2. The van der Waals surface area contributed by atoms with E-state index < -0.39 is 32.1 Å². The SMILES string of the molecule is CC(CCNc1ccccc1S(=O)(=O)C(F)(F)F)C(=O)O. The van der Waals surface area contributed by atoms with Gasteiger partial charge >= 0.3 is 11.5 Å². The van der Waals surface area contributed by atoms with E-state index in [1.807, 2.05) is 0 Å². The van der Waals surface area contributed by atoms with Crippen LogP contribution in [0.4, 0.5) is 18.9 Å². The largest absolute Gasteiger partial charge is 0.501 e. The van der Waals surface area contributed by atoms with Gasteiger partial charge in [0.15, 0.2) is 0 Å². The molecule has 0 bridgehead atoms. The fraction of sp³-hybridized carbons (Fsp3) is 0.417. The Morgan fingerprint density at radius 3 is 2.43 bits per heavy atom. The summed E-state index contributed by atoms with van der Waals surface area (Å²) < 4.78 is 60.5. The number of hydrogen-bond acceptors (Lipinski definition) is 4. The van der Waals surface area contributed by atoms with E-state index in [1.54, 1.807) is 0 Å². The summed E-state index contributed by atoms with van der Waals surface area (Å²) in [4.78, 5) is 9.75. The monoisotopic (exact) mass is 325 g/mol. The summed E-state index contributed by atoms with van der Waals surface area (Å²) in [7, 11) is -5.45. The normalized spacial score (nSPS) is 13.7. The van der Waals surface area contributed by atoms with Crippen LogP contribution in [-0.2, 0) is 14.6 Å². The molecule has 1 rings (SSSR count). The number of nitrogens with one attached hydrogen (secondary N) is 1. The number of carboxylic acids is 1. The Balaban J connectivity index is 2.94. The molecule has 9 heteroatoms. The number of sulfone groups is 1. The molecular formula is C12H14F3NO4S. The van der Waals surface area contributed by atoms with Gasteiger partial charge in [0.25, 0.3) is 9.84 Å². The lowest BCUT2D eigenvalue weighted by Crippen LogP contribution is -2.24. The number of carbonyl (C=O) groups is 1. The molecule has 0 aliphatic carbocycles. The van der Waals surface area contributed by atoms with Gasteiger partial charge in [0.1, 0.15) is 0 Å². The van der Waals surface area contributed by atoms with E-state index in [4.69, 9.17) is 5.11 Å². The zero-order valence-corrected chi connectivity index (χ0v) is 11.8. The first-order valence-corrected chi connectivity index (χ1v) is 7.42. The van der Waals surface area contributed by atoms with Crippen LogP contribution >= 0.6 is 0 Å². The highest BCUT2D eigenvalue weighted by Crippen LogP contribution is 2.34. The van der Waals surface area contributed by atoms with Gasteiger partial charge in [-0.25, -0.2) is 8.42 Å². The summed E-state index contributed by atoms with van der Waals surface area (Å²) in [6.07, 6.45) is 0.149. The molecule has 0 saturated carbocycles. The maximum atomic E-state index is 12.6. The highest BCUT2D eigenvalue weighted by Gasteiger charge is 2.47. The highest BCUT2D eigenvalue weighted by atomic mass is 32.2. The second-order valence-corrected chi connectivity index (χ2v) is 6.31. The zero-order valence-electron chi connectivity index (χ0n) is 11.0. The molecule has 5 nitrogen and oxygen atoms in total. The van der Waals surface area contributed by atoms with Gasteiger partial charge in [0.05, 0.1) is 16.5 Å². The van der Waals surface area contributed by atoms with Crippen molar-refractivity contribution < 1.29 is 31.5 Å². The van der Waals surface area contributed by atoms with E-state index in [0.717, 1.165) is 6.07 Å². The van der Waals surface area contributed by atoms with Gasteiger partial charge in [-0.15, -0.1) is 0 Å². The van der Waals surface area contributed by atoms with Crippen molar-refractivity contribution in [2.75, 3.05) is 11.9 Å². The van der Waals surface area contributed by atoms with Gasteiger partial charge in [-0.1, -0.05) is 19.1 Å². The number of anilines is 1. The van der Waals surface area contributed by atoms with Crippen molar-refractivity contribution in [1.29, 1.82) is 0 Å². The number of alkyl halides is 3. The molecule has 118 valence electrons. The van der Waals surface area contributed by atoms with Gasteiger partial charge in [-0.3, -0.25) is 4.79 Å². The lowest BCUT2D eigenvalue weighted by atomic mass is 10.1. The van der Waals surface area contributed by atoms with E-state index in [2.05, 4.69) is 5.32 Å². The number of para-hydroxylation sites is 1. The van der Waals surface area contributed by atoms with Gasteiger partial charge < -0.3 is 10.4 Å². The third kappa shape index (κ3) is 4.10. The second kappa shape index (κ2) is 6.33. The Morgan fingerprint density at radius 1 is 1.33 bits per heavy atom. The first-order chi connectivity index (χ1) is 9.57. The standard InChI is InChI=1S/C12H14F3NO4S/c1-8(11(17)18)6-7-16-9-4-2-3-5-10(9)21(19,20)12(13,14)15/h2-5,8,16H,6-7H2,1H3,(H,17,18). The molecule has 0 aliphatic rings. The van der Waals surface area contributed by atoms with Crippen molar-refractivity contribution in [3.8, 4) is 0 Å². The van der Waals surface area contributed by atoms with Crippen molar-refractivity contribution in [1.82, 2.24) is 0 Å². The number of benzene rings is 1. The van der Waals surface area contributed by atoms with E-state index in [0.29, 0.717) is 0 Å². The van der Waals surface area contributed by atoms with Crippen LogP contribution < -0.4 is 5.32 Å². The summed E-state index contributed by atoms with van der Waals surface area (Å²) in [5, 5.41) is 11.2. The van der Waals surface area contributed by atoms with Crippen molar-refractivity contribution in [3.63, 3.8) is 0 Å². The fourth-order valence-electron chi connectivity index (χ4n) is 1.52. The zero-order chi connectivity index (χ0) is 16.3. The fourth-order valence-corrected chi connectivity index (χ4v) is 2.46. The summed E-state index contributed by atoms with van der Waals surface area (Å²) in [6.45, 7) is 1.49. The third-order valence-electron chi connectivity index (χ3n) is 2.80. The molecule has 21 heavy (non-hydrogen) atoms. The van der Waals surface area contributed by atoms with Crippen molar-refractivity contribution >= 4 is 21.5 Å². The molecule has 0 heterocycles. The average molecular weight is 325 g/mol. The predicted molar refractivity (Wildman–Crippen MR) is 69.6 cm³/mol. The molecule has 0 amide bonds. The Hall–Kier alpha value is -1.77. The molecule has 0 fully saturated rings. The smallest absolute Gasteiger partial charge is 0.481 e. The molecule has 2 N–H and O–H groups in total. The molecule has 0 aromatic heterocycles. The van der Waals surface area contributed by atoms with Crippen molar-refractivity contribution in [2.24, 2.45) is 5.92 Å². The molecule has 0 aliphatic heterocycles. The van der Waals surface area contributed by atoms with Crippen molar-refractivity contribution in [3.05, 3.63) is 24.3 Å². The van der Waals surface area contributed by atoms with E-state index in [1.165, 1.54) is 25.1 Å². The summed E-state index contributed by atoms with van der Waals surface area (Å²) in [5.41, 5.74) is -5.59. The minimum absolute atomic E-state index is 0.0395. The van der Waals surface area contributed by atoms with E-state index in [9.17, 15) is 26.4 Å². The van der Waals surface area contributed by atoms with Crippen LogP contribution in [0, 0.1) is 5.92 Å². The van der Waals surface area contributed by atoms with Gasteiger partial charge in [0, 0.05) is 6.54 Å². The van der Waals surface area contributed by atoms with Crippen molar-refractivity contribution in [2.45, 2.75) is 23.7 Å². The minimum Gasteiger partial charge on any atom is -0.481 e. The van der Waals surface area contributed by atoms with Crippen LogP contribution in [-0.4, -0.2) is 31.5 Å². The lowest BCUT2D eigenvalue weighted by Gasteiger charge is -2.14. The summed E-state index contributed by atoms with van der Waals surface area (Å²) in [6, 6.07) is 4.62. The first-order valence-electron chi connectivity index (χ1n) is 5.94. The average Bonchev–Trinajstić information content (AvgIpc) is 2.37. The molecule has 1 aromatic rings.